The van der Waals surface area contributed by atoms with E-state index in [2.05, 4.69) is 19.9 Å². The topological polar surface area (TPSA) is 80.0 Å². The molecule has 0 aliphatic carbocycles. The lowest BCUT2D eigenvalue weighted by Crippen LogP contribution is -2.39. The average molecular weight is 361 g/mol. The van der Waals surface area contributed by atoms with E-state index in [9.17, 15) is 4.79 Å². The highest BCUT2D eigenvalue weighted by Crippen LogP contribution is 2.32. The Balaban J connectivity index is 1.47. The molecule has 3 aromatic heterocycles. The Labute approximate surface area is 155 Å². The summed E-state index contributed by atoms with van der Waals surface area (Å²) in [6.07, 6.45) is 6.29. The summed E-state index contributed by atoms with van der Waals surface area (Å²) in [5.41, 5.74) is 4.85. The fourth-order valence-electron chi connectivity index (χ4n) is 3.93. The first kappa shape index (κ1) is 16.0. The van der Waals surface area contributed by atoms with Gasteiger partial charge in [0.2, 0.25) is 0 Å². The van der Waals surface area contributed by atoms with Crippen LogP contribution >= 0.6 is 0 Å². The number of aromatic nitrogens is 4. The molecule has 7 nitrogen and oxygen atoms in total. The van der Waals surface area contributed by atoms with E-state index in [1.807, 2.05) is 48.8 Å². The van der Waals surface area contributed by atoms with Crippen molar-refractivity contribution in [3.8, 4) is 0 Å². The molecule has 0 saturated carbocycles. The van der Waals surface area contributed by atoms with E-state index in [1.54, 1.807) is 10.9 Å². The number of H-pyrrole nitrogens is 1. The SMILES string of the molecule is O=c1oc2ccccc2n1CCN1CCc2[nH]cnc2C1c1ccncc1. The smallest absolute Gasteiger partial charge is 0.408 e. The Morgan fingerprint density at radius 2 is 2.00 bits per heavy atom. The summed E-state index contributed by atoms with van der Waals surface area (Å²) >= 11 is 0. The fraction of sp³-hybridized carbons (Fsp3) is 0.250. The van der Waals surface area contributed by atoms with Crippen molar-refractivity contribution in [3.05, 3.63) is 82.6 Å². The Hall–Kier alpha value is -3.19. The van der Waals surface area contributed by atoms with Crippen LogP contribution in [0.1, 0.15) is 23.0 Å². The van der Waals surface area contributed by atoms with Gasteiger partial charge in [-0.05, 0) is 29.8 Å². The van der Waals surface area contributed by atoms with Crippen LogP contribution in [-0.4, -0.2) is 37.5 Å². The summed E-state index contributed by atoms with van der Waals surface area (Å²) in [6.45, 7) is 2.19. The first-order valence-electron chi connectivity index (χ1n) is 9.06. The van der Waals surface area contributed by atoms with E-state index in [0.29, 0.717) is 12.1 Å². The lowest BCUT2D eigenvalue weighted by molar-refractivity contribution is 0.200. The van der Waals surface area contributed by atoms with Crippen molar-refractivity contribution in [2.75, 3.05) is 13.1 Å². The van der Waals surface area contributed by atoms with Crippen LogP contribution in [0.2, 0.25) is 0 Å². The first-order valence-corrected chi connectivity index (χ1v) is 9.06. The molecule has 0 fully saturated rings. The van der Waals surface area contributed by atoms with Crippen molar-refractivity contribution in [2.45, 2.75) is 19.0 Å². The highest BCUT2D eigenvalue weighted by Gasteiger charge is 2.30. The molecule has 1 unspecified atom stereocenters. The zero-order chi connectivity index (χ0) is 18.2. The molecule has 0 radical (unpaired) electrons. The number of oxazole rings is 1. The number of pyridine rings is 1. The second-order valence-electron chi connectivity index (χ2n) is 6.72. The molecule has 1 atom stereocenters. The van der Waals surface area contributed by atoms with Gasteiger partial charge in [0.05, 0.1) is 23.6 Å². The Morgan fingerprint density at radius 3 is 2.89 bits per heavy atom. The van der Waals surface area contributed by atoms with Gasteiger partial charge in [0.15, 0.2) is 5.58 Å². The predicted octanol–water partition coefficient (Wildman–Crippen LogP) is 2.36. The van der Waals surface area contributed by atoms with Crippen molar-refractivity contribution >= 4 is 11.1 Å². The number of benzene rings is 1. The summed E-state index contributed by atoms with van der Waals surface area (Å²) in [7, 11) is 0. The van der Waals surface area contributed by atoms with Crippen molar-refractivity contribution in [1.29, 1.82) is 0 Å². The molecule has 5 rings (SSSR count). The normalized spacial score (nSPS) is 17.3. The van der Waals surface area contributed by atoms with Gasteiger partial charge >= 0.3 is 5.76 Å². The van der Waals surface area contributed by atoms with Gasteiger partial charge in [0.25, 0.3) is 0 Å². The maximum atomic E-state index is 12.3. The zero-order valence-electron chi connectivity index (χ0n) is 14.7. The molecular weight excluding hydrogens is 342 g/mol. The minimum absolute atomic E-state index is 0.0527. The largest absolute Gasteiger partial charge is 0.419 e. The van der Waals surface area contributed by atoms with E-state index >= 15 is 0 Å². The van der Waals surface area contributed by atoms with Crippen LogP contribution in [0.3, 0.4) is 0 Å². The predicted molar refractivity (Wildman–Crippen MR) is 100 cm³/mol. The standard InChI is InChI=1S/C20H19N5O2/c26-20-25(16-3-1-2-4-17(16)27-20)12-11-24-10-7-15-18(23-13-22-15)19(24)14-5-8-21-9-6-14/h1-6,8-9,13,19H,7,10-12H2,(H,22,23). The number of fused-ring (bicyclic) bond motifs is 2. The molecule has 0 bridgehead atoms. The lowest BCUT2D eigenvalue weighted by atomic mass is 9.96. The monoisotopic (exact) mass is 361 g/mol. The number of hydrogen-bond acceptors (Lipinski definition) is 5. The molecule has 7 heteroatoms. The van der Waals surface area contributed by atoms with Gasteiger partial charge in [0, 0.05) is 44.1 Å². The molecule has 1 aliphatic rings. The summed E-state index contributed by atoms with van der Waals surface area (Å²) in [4.78, 5) is 26.6. The van der Waals surface area contributed by atoms with Gasteiger partial charge < -0.3 is 9.40 Å². The first-order chi connectivity index (χ1) is 13.3. The van der Waals surface area contributed by atoms with Crippen molar-refractivity contribution in [1.82, 2.24) is 24.4 Å². The number of rotatable bonds is 4. The number of para-hydroxylation sites is 2. The van der Waals surface area contributed by atoms with Gasteiger partial charge in [-0.2, -0.15) is 0 Å². The lowest BCUT2D eigenvalue weighted by Gasteiger charge is -2.35. The zero-order valence-corrected chi connectivity index (χ0v) is 14.7. The molecule has 136 valence electrons. The highest BCUT2D eigenvalue weighted by molar-refractivity contribution is 5.72. The molecule has 0 amide bonds. The van der Waals surface area contributed by atoms with Gasteiger partial charge in [-0.1, -0.05) is 12.1 Å². The van der Waals surface area contributed by atoms with Crippen LogP contribution in [0.5, 0.6) is 0 Å². The number of hydrogen-bond donors (Lipinski definition) is 1. The van der Waals surface area contributed by atoms with Crippen LogP contribution in [0.15, 0.2) is 64.3 Å². The van der Waals surface area contributed by atoms with Crippen molar-refractivity contribution in [3.63, 3.8) is 0 Å². The van der Waals surface area contributed by atoms with E-state index < -0.39 is 0 Å². The quantitative estimate of drug-likeness (QED) is 0.604. The Morgan fingerprint density at radius 1 is 1.15 bits per heavy atom. The molecule has 4 heterocycles. The van der Waals surface area contributed by atoms with Crippen LogP contribution in [-0.2, 0) is 13.0 Å². The van der Waals surface area contributed by atoms with E-state index in [0.717, 1.165) is 36.3 Å². The summed E-state index contributed by atoms with van der Waals surface area (Å²) in [6, 6.07) is 11.6. The van der Waals surface area contributed by atoms with Gasteiger partial charge in [-0.25, -0.2) is 9.78 Å². The van der Waals surface area contributed by atoms with Gasteiger partial charge in [0.1, 0.15) is 0 Å². The van der Waals surface area contributed by atoms with E-state index in [-0.39, 0.29) is 11.8 Å². The molecule has 1 aromatic carbocycles. The Bertz CT molecular complexity index is 1130. The number of imidazole rings is 1. The van der Waals surface area contributed by atoms with Crippen LogP contribution < -0.4 is 5.76 Å². The van der Waals surface area contributed by atoms with E-state index in [4.69, 9.17) is 4.42 Å². The minimum Gasteiger partial charge on any atom is -0.408 e. The third-order valence-electron chi connectivity index (χ3n) is 5.23. The third kappa shape index (κ3) is 2.76. The number of nitrogens with zero attached hydrogens (tertiary/aromatic N) is 4. The minimum atomic E-state index is -0.311. The number of aromatic amines is 1. The third-order valence-corrected chi connectivity index (χ3v) is 5.23. The number of nitrogens with one attached hydrogen (secondary N) is 1. The van der Waals surface area contributed by atoms with Crippen molar-refractivity contribution < 1.29 is 4.42 Å². The molecule has 0 saturated heterocycles. The summed E-state index contributed by atoms with van der Waals surface area (Å²) in [5, 5.41) is 0. The molecule has 1 N–H and O–H groups in total. The second-order valence-corrected chi connectivity index (χ2v) is 6.72. The molecule has 0 spiro atoms. The van der Waals surface area contributed by atoms with Gasteiger partial charge in [-0.15, -0.1) is 0 Å². The van der Waals surface area contributed by atoms with Crippen LogP contribution in [0.4, 0.5) is 0 Å². The maximum absolute atomic E-state index is 12.3. The fourth-order valence-corrected chi connectivity index (χ4v) is 3.93. The molecule has 27 heavy (non-hydrogen) atoms. The van der Waals surface area contributed by atoms with Crippen LogP contribution in [0, 0.1) is 0 Å². The summed E-state index contributed by atoms with van der Waals surface area (Å²) < 4.78 is 7.06. The van der Waals surface area contributed by atoms with E-state index in [1.165, 1.54) is 5.69 Å². The highest BCUT2D eigenvalue weighted by atomic mass is 16.4. The molecule has 4 aromatic rings. The Kier molecular flexibility index (Phi) is 3.86. The summed E-state index contributed by atoms with van der Waals surface area (Å²) in [5.74, 6) is -0.311. The molecular formula is C20H19N5O2. The van der Waals surface area contributed by atoms with Gasteiger partial charge in [-0.3, -0.25) is 14.5 Å². The maximum Gasteiger partial charge on any atom is 0.419 e. The molecule has 1 aliphatic heterocycles. The van der Waals surface area contributed by atoms with Crippen molar-refractivity contribution in [2.24, 2.45) is 0 Å². The van der Waals surface area contributed by atoms with Crippen LogP contribution in [0.25, 0.3) is 11.1 Å². The second kappa shape index (κ2) is 6.51. The average Bonchev–Trinajstić information content (AvgIpc) is 3.30.